The summed E-state index contributed by atoms with van der Waals surface area (Å²) in [7, 11) is 0. The molecule has 0 bridgehead atoms. The second kappa shape index (κ2) is 11.0. The molecule has 1 heterocycles. The Balaban J connectivity index is 1.48. The molecule has 0 spiro atoms. The van der Waals surface area contributed by atoms with Crippen LogP contribution >= 0.6 is 11.6 Å². The Kier molecular flexibility index (Phi) is 7.65. The maximum atomic E-state index is 12.8. The normalized spacial score (nSPS) is 11.8. The Labute approximate surface area is 205 Å². The van der Waals surface area contributed by atoms with E-state index >= 15 is 0 Å². The fourth-order valence-electron chi connectivity index (χ4n) is 4.02. The summed E-state index contributed by atoms with van der Waals surface area (Å²) in [5, 5.41) is 3.47. The largest absolute Gasteiger partial charge is 0.493 e. The first-order valence-corrected chi connectivity index (χ1v) is 11.8. The predicted octanol–water partition coefficient (Wildman–Crippen LogP) is 6.38. The third kappa shape index (κ3) is 5.32. The van der Waals surface area contributed by atoms with Gasteiger partial charge in [-0.1, -0.05) is 60.1 Å². The van der Waals surface area contributed by atoms with E-state index < -0.39 is 0 Å². The second-order valence-corrected chi connectivity index (χ2v) is 8.50. The van der Waals surface area contributed by atoms with Gasteiger partial charge in [-0.2, -0.15) is 0 Å². The van der Waals surface area contributed by atoms with Gasteiger partial charge < -0.3 is 14.6 Å². The van der Waals surface area contributed by atoms with E-state index in [0.29, 0.717) is 23.7 Å². The van der Waals surface area contributed by atoms with Gasteiger partial charge in [0, 0.05) is 6.54 Å². The first-order chi connectivity index (χ1) is 16.6. The third-order valence-electron chi connectivity index (χ3n) is 5.66. The smallest absolute Gasteiger partial charge is 0.253 e. The fraction of sp³-hybridized carbons (Fsp3) is 0.214. The molecule has 4 aromatic rings. The van der Waals surface area contributed by atoms with Crippen LogP contribution in [0.3, 0.4) is 0 Å². The zero-order valence-electron chi connectivity index (χ0n) is 19.2. The summed E-state index contributed by atoms with van der Waals surface area (Å²) < 4.78 is 8.23. The number of nitrogens with zero attached hydrogens (tertiary/aromatic N) is 2. The van der Waals surface area contributed by atoms with Crippen LogP contribution in [0.25, 0.3) is 11.0 Å². The lowest BCUT2D eigenvalue weighted by atomic mass is 10.1. The van der Waals surface area contributed by atoms with Crippen molar-refractivity contribution in [2.45, 2.75) is 32.4 Å². The molecule has 0 saturated heterocycles. The van der Waals surface area contributed by atoms with Crippen LogP contribution in [-0.2, 0) is 13.0 Å². The number of fused-ring (bicyclic) bond motifs is 1. The Hall–Kier alpha value is -3.57. The van der Waals surface area contributed by atoms with Crippen LogP contribution in [-0.4, -0.2) is 22.1 Å². The van der Waals surface area contributed by atoms with Crippen molar-refractivity contribution in [3.05, 3.63) is 107 Å². The monoisotopic (exact) mass is 473 g/mol. The molecule has 0 fully saturated rings. The number of ether oxygens (including phenoxy) is 1. The van der Waals surface area contributed by atoms with E-state index in [4.69, 9.17) is 21.3 Å². The predicted molar refractivity (Wildman–Crippen MR) is 138 cm³/mol. The lowest BCUT2D eigenvalue weighted by Gasteiger charge is -2.17. The Morgan fingerprint density at radius 2 is 1.85 bits per heavy atom. The molecule has 0 aliphatic rings. The number of rotatable bonds is 10. The number of amides is 1. The van der Waals surface area contributed by atoms with Gasteiger partial charge in [0.05, 0.1) is 34.3 Å². The van der Waals surface area contributed by atoms with E-state index in [-0.39, 0.29) is 11.9 Å². The zero-order chi connectivity index (χ0) is 23.9. The van der Waals surface area contributed by atoms with Crippen LogP contribution in [0.1, 0.15) is 41.1 Å². The van der Waals surface area contributed by atoms with E-state index in [1.54, 1.807) is 24.3 Å². The topological polar surface area (TPSA) is 56.1 Å². The summed E-state index contributed by atoms with van der Waals surface area (Å²) in [6, 6.07) is 22.8. The Morgan fingerprint density at radius 1 is 1.12 bits per heavy atom. The number of hydrogen-bond donors (Lipinski definition) is 1. The SMILES string of the molecule is C=CCc1ccccc1OCCCn1c(C(C)NC(=O)c2ccccc2Cl)nc2ccccc21. The van der Waals surface area contributed by atoms with Crippen molar-refractivity contribution >= 4 is 28.5 Å². The van der Waals surface area contributed by atoms with Crippen molar-refractivity contribution in [2.24, 2.45) is 0 Å². The average molecular weight is 474 g/mol. The van der Waals surface area contributed by atoms with Crippen LogP contribution < -0.4 is 10.1 Å². The van der Waals surface area contributed by atoms with Gasteiger partial charge in [0.1, 0.15) is 11.6 Å². The molecular weight excluding hydrogens is 446 g/mol. The number of aromatic nitrogens is 2. The number of nitrogens with one attached hydrogen (secondary N) is 1. The van der Waals surface area contributed by atoms with Crippen LogP contribution in [0.15, 0.2) is 85.5 Å². The Morgan fingerprint density at radius 3 is 2.68 bits per heavy atom. The quantitative estimate of drug-likeness (QED) is 0.215. The maximum absolute atomic E-state index is 12.8. The summed E-state index contributed by atoms with van der Waals surface area (Å²) in [5.41, 5.74) is 3.50. The second-order valence-electron chi connectivity index (χ2n) is 8.09. The molecule has 4 rings (SSSR count). The van der Waals surface area contributed by atoms with Gasteiger partial charge in [-0.3, -0.25) is 4.79 Å². The van der Waals surface area contributed by atoms with Gasteiger partial charge in [0.2, 0.25) is 0 Å². The van der Waals surface area contributed by atoms with Crippen molar-refractivity contribution in [1.29, 1.82) is 0 Å². The lowest BCUT2D eigenvalue weighted by molar-refractivity contribution is 0.0937. The molecule has 0 aliphatic carbocycles. The van der Waals surface area contributed by atoms with E-state index in [9.17, 15) is 4.79 Å². The molecule has 1 N–H and O–H groups in total. The minimum atomic E-state index is -0.301. The van der Waals surface area contributed by atoms with Crippen molar-refractivity contribution in [3.63, 3.8) is 0 Å². The number of para-hydroxylation sites is 3. The van der Waals surface area contributed by atoms with Crippen molar-refractivity contribution in [3.8, 4) is 5.75 Å². The maximum Gasteiger partial charge on any atom is 0.253 e. The van der Waals surface area contributed by atoms with Crippen molar-refractivity contribution < 1.29 is 9.53 Å². The van der Waals surface area contributed by atoms with Crippen LogP contribution in [0.4, 0.5) is 0 Å². The molecule has 6 heteroatoms. The highest BCUT2D eigenvalue weighted by atomic mass is 35.5. The highest BCUT2D eigenvalue weighted by Crippen LogP contribution is 2.23. The van der Waals surface area contributed by atoms with Gasteiger partial charge in [0.15, 0.2) is 0 Å². The third-order valence-corrected chi connectivity index (χ3v) is 5.99. The van der Waals surface area contributed by atoms with Crippen LogP contribution in [0.5, 0.6) is 5.75 Å². The minimum Gasteiger partial charge on any atom is -0.493 e. The molecule has 1 unspecified atom stereocenters. The summed E-state index contributed by atoms with van der Waals surface area (Å²) in [4.78, 5) is 17.6. The minimum absolute atomic E-state index is 0.223. The van der Waals surface area contributed by atoms with E-state index in [1.165, 1.54) is 0 Å². The van der Waals surface area contributed by atoms with Crippen molar-refractivity contribution in [1.82, 2.24) is 14.9 Å². The van der Waals surface area contributed by atoms with Gasteiger partial charge in [-0.05, 0) is 55.7 Å². The molecule has 3 aromatic carbocycles. The fourth-order valence-corrected chi connectivity index (χ4v) is 4.24. The number of imidazole rings is 1. The van der Waals surface area contributed by atoms with E-state index in [0.717, 1.165) is 41.0 Å². The van der Waals surface area contributed by atoms with E-state index in [2.05, 4.69) is 28.6 Å². The first kappa shape index (κ1) is 23.6. The number of carbonyl (C=O) groups excluding carboxylic acids is 1. The zero-order valence-corrected chi connectivity index (χ0v) is 20.0. The standard InChI is InChI=1S/C28H28ClN3O2/c1-3-11-21-12-4-9-17-26(21)34-19-10-18-32-25-16-8-7-15-24(25)31-27(32)20(2)30-28(33)22-13-5-6-14-23(22)29/h3-9,12-17,20H,1,10-11,18-19H2,2H3,(H,30,33). The highest BCUT2D eigenvalue weighted by molar-refractivity contribution is 6.33. The average Bonchev–Trinajstić information content (AvgIpc) is 3.22. The molecule has 1 aromatic heterocycles. The molecule has 174 valence electrons. The molecule has 5 nitrogen and oxygen atoms in total. The van der Waals surface area contributed by atoms with Gasteiger partial charge in [0.25, 0.3) is 5.91 Å². The molecule has 0 radical (unpaired) electrons. The van der Waals surface area contributed by atoms with Gasteiger partial charge in [-0.15, -0.1) is 6.58 Å². The van der Waals surface area contributed by atoms with Crippen molar-refractivity contribution in [2.75, 3.05) is 6.61 Å². The summed E-state index contributed by atoms with van der Waals surface area (Å²) in [5.74, 6) is 1.46. The first-order valence-electron chi connectivity index (χ1n) is 11.4. The molecule has 0 saturated carbocycles. The summed E-state index contributed by atoms with van der Waals surface area (Å²) >= 11 is 6.21. The molecule has 1 amide bonds. The summed E-state index contributed by atoms with van der Waals surface area (Å²) in [6.07, 6.45) is 3.44. The molecular formula is C28H28ClN3O2. The van der Waals surface area contributed by atoms with Crippen LogP contribution in [0.2, 0.25) is 5.02 Å². The van der Waals surface area contributed by atoms with E-state index in [1.807, 2.05) is 49.4 Å². The van der Waals surface area contributed by atoms with Gasteiger partial charge in [-0.25, -0.2) is 4.98 Å². The van der Waals surface area contributed by atoms with Crippen LogP contribution in [0, 0.1) is 0 Å². The number of hydrogen-bond acceptors (Lipinski definition) is 3. The molecule has 1 atom stereocenters. The number of aryl methyl sites for hydroxylation is 1. The number of benzene rings is 3. The number of halogens is 1. The summed E-state index contributed by atoms with van der Waals surface area (Å²) in [6.45, 7) is 7.05. The highest BCUT2D eigenvalue weighted by Gasteiger charge is 2.20. The Bertz CT molecular complexity index is 1300. The number of carbonyl (C=O) groups is 1. The molecule has 34 heavy (non-hydrogen) atoms. The molecule has 0 aliphatic heterocycles. The van der Waals surface area contributed by atoms with Gasteiger partial charge >= 0.3 is 0 Å². The lowest BCUT2D eigenvalue weighted by Crippen LogP contribution is -2.29. The number of allylic oxidation sites excluding steroid dienone is 1.